The Labute approximate surface area is 106 Å². The summed E-state index contributed by atoms with van der Waals surface area (Å²) in [6, 6.07) is 6.79. The molecule has 1 aromatic rings. The maximum Gasteiger partial charge on any atom is 0.315 e. The van der Waals surface area contributed by atoms with E-state index in [4.69, 9.17) is 9.84 Å². The predicted molar refractivity (Wildman–Crippen MR) is 67.6 cm³/mol. The lowest BCUT2D eigenvalue weighted by Gasteiger charge is -2.11. The Hall–Kier alpha value is -2.04. The molecule has 0 heterocycles. The van der Waals surface area contributed by atoms with E-state index in [1.807, 2.05) is 13.8 Å². The van der Waals surface area contributed by atoms with Gasteiger partial charge in [0.25, 0.3) is 0 Å². The van der Waals surface area contributed by atoms with Crippen LogP contribution in [-0.4, -0.2) is 23.1 Å². The van der Waals surface area contributed by atoms with Crippen LogP contribution < -0.4 is 10.1 Å². The molecule has 1 rings (SSSR count). The van der Waals surface area contributed by atoms with Gasteiger partial charge in [-0.2, -0.15) is 0 Å². The summed E-state index contributed by atoms with van der Waals surface area (Å²) in [6.07, 6.45) is 0.0810. The molecule has 0 radical (unpaired) electrons. The van der Waals surface area contributed by atoms with Crippen LogP contribution in [0.15, 0.2) is 24.3 Å². The highest BCUT2D eigenvalue weighted by Crippen LogP contribution is 2.17. The molecule has 5 heteroatoms. The molecule has 1 aromatic carbocycles. The summed E-state index contributed by atoms with van der Waals surface area (Å²) in [5, 5.41) is 11.2. The highest BCUT2D eigenvalue weighted by Gasteiger charge is 2.20. The number of carboxylic acid groups (broad SMARTS) is 1. The second-order valence-corrected chi connectivity index (χ2v) is 4.24. The van der Waals surface area contributed by atoms with Gasteiger partial charge >= 0.3 is 5.97 Å². The standard InChI is InChI=1S/C13H17NO4/c1-8(2)18-11-6-4-10(5-7-11)14-12(15)9(3)13(16)17/h4-9H,1-3H3,(H,14,15)(H,16,17). The van der Waals surface area contributed by atoms with Gasteiger partial charge in [0.1, 0.15) is 11.7 Å². The number of carbonyl (C=O) groups is 2. The van der Waals surface area contributed by atoms with E-state index in [0.29, 0.717) is 11.4 Å². The monoisotopic (exact) mass is 251 g/mol. The number of aliphatic carboxylic acids is 1. The molecule has 0 aromatic heterocycles. The number of carbonyl (C=O) groups excluding carboxylic acids is 1. The van der Waals surface area contributed by atoms with Gasteiger partial charge in [-0.3, -0.25) is 9.59 Å². The van der Waals surface area contributed by atoms with Crippen LogP contribution in [0.3, 0.4) is 0 Å². The minimum absolute atomic E-state index is 0.0810. The molecule has 1 unspecified atom stereocenters. The average Bonchev–Trinajstić information content (AvgIpc) is 2.29. The van der Waals surface area contributed by atoms with Crippen molar-refractivity contribution >= 4 is 17.6 Å². The van der Waals surface area contributed by atoms with E-state index in [9.17, 15) is 9.59 Å². The molecule has 0 bridgehead atoms. The van der Waals surface area contributed by atoms with Gasteiger partial charge < -0.3 is 15.2 Å². The molecule has 2 N–H and O–H groups in total. The summed E-state index contributed by atoms with van der Waals surface area (Å²) < 4.78 is 5.45. The van der Waals surface area contributed by atoms with Gasteiger partial charge in [-0.25, -0.2) is 0 Å². The van der Waals surface area contributed by atoms with Gasteiger partial charge in [0.15, 0.2) is 0 Å². The summed E-state index contributed by atoms with van der Waals surface area (Å²) >= 11 is 0. The first-order valence-corrected chi connectivity index (χ1v) is 5.70. The van der Waals surface area contributed by atoms with E-state index in [2.05, 4.69) is 5.32 Å². The molecule has 0 saturated carbocycles. The van der Waals surface area contributed by atoms with Crippen molar-refractivity contribution in [1.82, 2.24) is 0 Å². The van der Waals surface area contributed by atoms with E-state index < -0.39 is 17.8 Å². The van der Waals surface area contributed by atoms with E-state index in [1.165, 1.54) is 6.92 Å². The second-order valence-electron chi connectivity index (χ2n) is 4.24. The number of nitrogens with one attached hydrogen (secondary N) is 1. The lowest BCUT2D eigenvalue weighted by molar-refractivity contribution is -0.144. The van der Waals surface area contributed by atoms with Gasteiger partial charge in [0.05, 0.1) is 6.10 Å². The van der Waals surface area contributed by atoms with Crippen LogP contribution >= 0.6 is 0 Å². The Morgan fingerprint density at radius 2 is 1.72 bits per heavy atom. The van der Waals surface area contributed by atoms with Crippen LogP contribution in [0.5, 0.6) is 5.75 Å². The predicted octanol–water partition coefficient (Wildman–Crippen LogP) is 2.13. The molecule has 1 amide bonds. The van der Waals surface area contributed by atoms with E-state index >= 15 is 0 Å². The lowest BCUT2D eigenvalue weighted by atomic mass is 10.1. The number of rotatable bonds is 5. The fourth-order valence-corrected chi connectivity index (χ4v) is 1.25. The number of hydrogen-bond acceptors (Lipinski definition) is 3. The number of hydrogen-bond donors (Lipinski definition) is 2. The fourth-order valence-electron chi connectivity index (χ4n) is 1.25. The molecule has 0 aliphatic rings. The summed E-state index contributed by atoms with van der Waals surface area (Å²) in [7, 11) is 0. The molecule has 98 valence electrons. The maximum atomic E-state index is 11.5. The van der Waals surface area contributed by atoms with Crippen molar-refractivity contribution in [1.29, 1.82) is 0 Å². The van der Waals surface area contributed by atoms with Crippen LogP contribution in [0.4, 0.5) is 5.69 Å². The first-order chi connectivity index (χ1) is 8.40. The molecule has 0 aliphatic heterocycles. The molecule has 0 fully saturated rings. The number of benzene rings is 1. The Kier molecular flexibility index (Phi) is 4.71. The largest absolute Gasteiger partial charge is 0.491 e. The zero-order chi connectivity index (χ0) is 13.7. The smallest absolute Gasteiger partial charge is 0.315 e. The van der Waals surface area contributed by atoms with Gasteiger partial charge in [0, 0.05) is 5.69 Å². The molecule has 1 atom stereocenters. The third-order valence-electron chi connectivity index (χ3n) is 2.26. The summed E-state index contributed by atoms with van der Waals surface area (Å²) in [4.78, 5) is 22.1. The minimum atomic E-state index is -1.15. The second kappa shape index (κ2) is 6.05. The highest BCUT2D eigenvalue weighted by molar-refractivity contribution is 6.03. The van der Waals surface area contributed by atoms with Crippen molar-refractivity contribution in [2.75, 3.05) is 5.32 Å². The average molecular weight is 251 g/mol. The van der Waals surface area contributed by atoms with Gasteiger partial charge in [-0.1, -0.05) is 0 Å². The van der Waals surface area contributed by atoms with Gasteiger partial charge in [-0.05, 0) is 45.0 Å². The minimum Gasteiger partial charge on any atom is -0.491 e. The maximum absolute atomic E-state index is 11.5. The molecule has 0 aliphatic carbocycles. The van der Waals surface area contributed by atoms with Crippen LogP contribution in [0.25, 0.3) is 0 Å². The van der Waals surface area contributed by atoms with Crippen molar-refractivity contribution < 1.29 is 19.4 Å². The van der Waals surface area contributed by atoms with Crippen molar-refractivity contribution in [3.05, 3.63) is 24.3 Å². The van der Waals surface area contributed by atoms with Crippen LogP contribution in [0.2, 0.25) is 0 Å². The molecule has 0 spiro atoms. The zero-order valence-corrected chi connectivity index (χ0v) is 10.6. The number of anilines is 1. The van der Waals surface area contributed by atoms with Crippen molar-refractivity contribution in [3.63, 3.8) is 0 Å². The third-order valence-corrected chi connectivity index (χ3v) is 2.26. The van der Waals surface area contributed by atoms with Crippen LogP contribution in [0, 0.1) is 5.92 Å². The van der Waals surface area contributed by atoms with Crippen molar-refractivity contribution in [2.24, 2.45) is 5.92 Å². The normalized spacial score (nSPS) is 12.0. The molecule has 5 nitrogen and oxygen atoms in total. The third kappa shape index (κ3) is 4.08. The Bertz CT molecular complexity index is 425. The molecular formula is C13H17NO4. The summed E-state index contributed by atoms with van der Waals surface area (Å²) in [5.74, 6) is -2.06. The highest BCUT2D eigenvalue weighted by atomic mass is 16.5. The SMILES string of the molecule is CC(C)Oc1ccc(NC(=O)C(C)C(=O)O)cc1. The lowest BCUT2D eigenvalue weighted by Crippen LogP contribution is -2.26. The number of ether oxygens (including phenoxy) is 1. The number of amides is 1. The van der Waals surface area contributed by atoms with E-state index in [1.54, 1.807) is 24.3 Å². The summed E-state index contributed by atoms with van der Waals surface area (Å²) in [5.41, 5.74) is 0.546. The fraction of sp³-hybridized carbons (Fsp3) is 0.385. The quantitative estimate of drug-likeness (QED) is 0.786. The molecular weight excluding hydrogens is 234 g/mol. The number of carboxylic acids is 1. The Morgan fingerprint density at radius 1 is 1.17 bits per heavy atom. The van der Waals surface area contributed by atoms with Gasteiger partial charge in [-0.15, -0.1) is 0 Å². The first-order valence-electron chi connectivity index (χ1n) is 5.70. The van der Waals surface area contributed by atoms with Gasteiger partial charge in [0.2, 0.25) is 5.91 Å². The topological polar surface area (TPSA) is 75.6 Å². The van der Waals surface area contributed by atoms with Crippen molar-refractivity contribution in [3.8, 4) is 5.75 Å². The molecule has 18 heavy (non-hydrogen) atoms. The van der Waals surface area contributed by atoms with E-state index in [-0.39, 0.29) is 6.10 Å². The van der Waals surface area contributed by atoms with Crippen molar-refractivity contribution in [2.45, 2.75) is 26.9 Å². The van der Waals surface area contributed by atoms with Crippen LogP contribution in [-0.2, 0) is 9.59 Å². The Morgan fingerprint density at radius 3 is 2.17 bits per heavy atom. The zero-order valence-electron chi connectivity index (χ0n) is 10.6. The summed E-state index contributed by atoms with van der Waals surface area (Å²) in [6.45, 7) is 5.18. The van der Waals surface area contributed by atoms with E-state index in [0.717, 1.165) is 0 Å². The molecule has 0 saturated heterocycles. The van der Waals surface area contributed by atoms with Crippen LogP contribution in [0.1, 0.15) is 20.8 Å². The Balaban J connectivity index is 2.64. The first kappa shape index (κ1) is 14.0.